The number of carbonyl (C=O) groups excluding carboxylic acids is 1. The summed E-state index contributed by atoms with van der Waals surface area (Å²) in [5, 5.41) is 8.66. The first kappa shape index (κ1) is 13.9. The number of rotatable bonds is 3. The van der Waals surface area contributed by atoms with Crippen LogP contribution in [0.15, 0.2) is 29.2 Å². The van der Waals surface area contributed by atoms with Crippen LogP contribution in [0.2, 0.25) is 0 Å². The molecule has 2 rings (SSSR count). The maximum atomic E-state index is 12.5. The third-order valence-electron chi connectivity index (χ3n) is 3.20. The number of benzene rings is 1. The molecule has 100 valence electrons. The second-order valence-electron chi connectivity index (χ2n) is 4.54. The van der Waals surface area contributed by atoms with Gasteiger partial charge in [0.15, 0.2) is 0 Å². The van der Waals surface area contributed by atoms with Crippen molar-refractivity contribution in [3.63, 3.8) is 0 Å². The van der Waals surface area contributed by atoms with Crippen LogP contribution in [0, 0.1) is 11.3 Å². The van der Waals surface area contributed by atoms with Crippen LogP contribution >= 0.6 is 11.8 Å². The van der Waals surface area contributed by atoms with Crippen LogP contribution in [0.4, 0.5) is 0 Å². The van der Waals surface area contributed by atoms with E-state index in [0.717, 1.165) is 31.1 Å². The molecule has 1 heterocycles. The van der Waals surface area contributed by atoms with Crippen LogP contribution in [0.1, 0.15) is 10.4 Å². The van der Waals surface area contributed by atoms with Crippen molar-refractivity contribution in [1.82, 2.24) is 9.80 Å². The molecule has 4 nitrogen and oxygen atoms in total. The van der Waals surface area contributed by atoms with Crippen LogP contribution in [-0.4, -0.2) is 54.7 Å². The van der Waals surface area contributed by atoms with Gasteiger partial charge in [-0.2, -0.15) is 5.26 Å². The van der Waals surface area contributed by atoms with E-state index in [9.17, 15) is 4.79 Å². The molecule has 0 unspecified atom stereocenters. The van der Waals surface area contributed by atoms with Gasteiger partial charge in [-0.05, 0) is 19.2 Å². The third-order valence-corrected chi connectivity index (χ3v) is 4.14. The van der Waals surface area contributed by atoms with Gasteiger partial charge in [-0.15, -0.1) is 11.8 Å². The summed E-state index contributed by atoms with van der Waals surface area (Å²) in [5.74, 6) is 0.446. The largest absolute Gasteiger partial charge is 0.336 e. The van der Waals surface area contributed by atoms with Crippen molar-refractivity contribution >= 4 is 17.7 Å². The van der Waals surface area contributed by atoms with E-state index in [1.165, 1.54) is 11.8 Å². The number of thioether (sulfide) groups is 1. The highest BCUT2D eigenvalue weighted by Gasteiger charge is 2.22. The van der Waals surface area contributed by atoms with E-state index in [1.807, 2.05) is 29.2 Å². The molecule has 1 fully saturated rings. The van der Waals surface area contributed by atoms with Crippen LogP contribution in [-0.2, 0) is 0 Å². The molecule has 1 aromatic carbocycles. The summed E-state index contributed by atoms with van der Waals surface area (Å²) in [4.78, 5) is 17.5. The molecule has 1 aromatic rings. The quantitative estimate of drug-likeness (QED) is 0.788. The normalized spacial score (nSPS) is 16.1. The molecule has 5 heteroatoms. The van der Waals surface area contributed by atoms with Gasteiger partial charge < -0.3 is 9.80 Å². The number of hydrogen-bond acceptors (Lipinski definition) is 4. The summed E-state index contributed by atoms with van der Waals surface area (Å²) in [6, 6.07) is 9.63. The number of amides is 1. The van der Waals surface area contributed by atoms with Gasteiger partial charge in [0.25, 0.3) is 5.91 Å². The highest BCUT2D eigenvalue weighted by Crippen LogP contribution is 2.23. The fourth-order valence-corrected chi connectivity index (χ4v) is 2.76. The lowest BCUT2D eigenvalue weighted by atomic mass is 10.2. The van der Waals surface area contributed by atoms with Crippen LogP contribution < -0.4 is 0 Å². The summed E-state index contributed by atoms with van der Waals surface area (Å²) in [6.07, 6.45) is 0. The lowest BCUT2D eigenvalue weighted by Crippen LogP contribution is -2.47. The Morgan fingerprint density at radius 2 is 2.00 bits per heavy atom. The van der Waals surface area contributed by atoms with Crippen molar-refractivity contribution in [1.29, 1.82) is 5.26 Å². The molecule has 1 aliphatic heterocycles. The number of likely N-dealkylation sites (N-methyl/N-ethyl adjacent to an activating group) is 1. The minimum absolute atomic E-state index is 0.0779. The van der Waals surface area contributed by atoms with Crippen molar-refractivity contribution in [2.75, 3.05) is 39.0 Å². The van der Waals surface area contributed by atoms with Crippen molar-refractivity contribution in [2.45, 2.75) is 4.90 Å². The second kappa shape index (κ2) is 6.60. The summed E-state index contributed by atoms with van der Waals surface area (Å²) in [6.45, 7) is 3.37. The summed E-state index contributed by atoms with van der Waals surface area (Å²) in [5.41, 5.74) is 0.715. The molecule has 0 radical (unpaired) electrons. The van der Waals surface area contributed by atoms with Crippen LogP contribution in [0.5, 0.6) is 0 Å². The van der Waals surface area contributed by atoms with Gasteiger partial charge in [0, 0.05) is 31.1 Å². The van der Waals surface area contributed by atoms with Gasteiger partial charge in [0.05, 0.1) is 17.4 Å². The number of carbonyl (C=O) groups is 1. The van der Waals surface area contributed by atoms with Gasteiger partial charge in [-0.25, -0.2) is 0 Å². The van der Waals surface area contributed by atoms with Crippen LogP contribution in [0.25, 0.3) is 0 Å². The van der Waals surface area contributed by atoms with Gasteiger partial charge in [0.2, 0.25) is 0 Å². The smallest absolute Gasteiger partial charge is 0.255 e. The number of nitrogens with zero attached hydrogens (tertiary/aromatic N) is 3. The zero-order valence-corrected chi connectivity index (χ0v) is 11.8. The van der Waals surface area contributed by atoms with E-state index in [1.54, 1.807) is 0 Å². The zero-order chi connectivity index (χ0) is 13.7. The maximum absolute atomic E-state index is 12.5. The van der Waals surface area contributed by atoms with Crippen LogP contribution in [0.3, 0.4) is 0 Å². The van der Waals surface area contributed by atoms with E-state index in [2.05, 4.69) is 18.0 Å². The molecular formula is C14H17N3OS. The average Bonchev–Trinajstić information content (AvgIpc) is 2.45. The molecule has 0 bridgehead atoms. The number of piperazine rings is 1. The fraction of sp³-hybridized carbons (Fsp3) is 0.429. The number of hydrogen-bond donors (Lipinski definition) is 0. The first-order valence-electron chi connectivity index (χ1n) is 6.29. The van der Waals surface area contributed by atoms with Gasteiger partial charge in [-0.3, -0.25) is 4.79 Å². The molecule has 1 aliphatic rings. The molecule has 0 saturated carbocycles. The van der Waals surface area contributed by atoms with Crippen molar-refractivity contribution < 1.29 is 4.79 Å². The predicted molar refractivity (Wildman–Crippen MR) is 76.2 cm³/mol. The SMILES string of the molecule is CN1CCN(C(=O)c2ccccc2SCC#N)CC1. The summed E-state index contributed by atoms with van der Waals surface area (Å²) < 4.78 is 0. The maximum Gasteiger partial charge on any atom is 0.255 e. The fourth-order valence-electron chi connectivity index (χ4n) is 2.06. The predicted octanol–water partition coefficient (Wildman–Crippen LogP) is 1.69. The number of nitriles is 1. The Bertz CT molecular complexity index is 490. The van der Waals surface area contributed by atoms with Gasteiger partial charge in [0.1, 0.15) is 0 Å². The summed E-state index contributed by atoms with van der Waals surface area (Å²) >= 11 is 1.42. The Morgan fingerprint density at radius 3 is 2.68 bits per heavy atom. The van der Waals surface area contributed by atoms with E-state index in [-0.39, 0.29) is 5.91 Å². The van der Waals surface area contributed by atoms with E-state index < -0.39 is 0 Å². The first-order chi connectivity index (χ1) is 9.22. The minimum Gasteiger partial charge on any atom is -0.336 e. The highest BCUT2D eigenvalue weighted by atomic mass is 32.2. The molecule has 0 aromatic heterocycles. The topological polar surface area (TPSA) is 47.3 Å². The Balaban J connectivity index is 2.12. The van der Waals surface area contributed by atoms with Crippen molar-refractivity contribution in [3.8, 4) is 6.07 Å². The third kappa shape index (κ3) is 3.49. The summed E-state index contributed by atoms with van der Waals surface area (Å²) in [7, 11) is 2.07. The standard InChI is InChI=1S/C14H17N3OS/c1-16-7-9-17(10-8-16)14(18)12-4-2-3-5-13(12)19-11-6-15/h2-5H,7-11H2,1H3. The lowest BCUT2D eigenvalue weighted by Gasteiger charge is -2.32. The Hall–Kier alpha value is -1.51. The molecule has 1 saturated heterocycles. The minimum atomic E-state index is 0.0779. The Kier molecular flexibility index (Phi) is 4.83. The molecule has 19 heavy (non-hydrogen) atoms. The first-order valence-corrected chi connectivity index (χ1v) is 7.27. The lowest BCUT2D eigenvalue weighted by molar-refractivity contribution is 0.0660. The molecule has 1 amide bonds. The molecule has 0 atom stereocenters. The van der Waals surface area contributed by atoms with E-state index >= 15 is 0 Å². The Morgan fingerprint density at radius 1 is 1.32 bits per heavy atom. The average molecular weight is 275 g/mol. The van der Waals surface area contributed by atoms with Gasteiger partial charge in [-0.1, -0.05) is 12.1 Å². The molecular weight excluding hydrogens is 258 g/mol. The highest BCUT2D eigenvalue weighted by molar-refractivity contribution is 7.99. The monoisotopic (exact) mass is 275 g/mol. The second-order valence-corrected chi connectivity index (χ2v) is 5.56. The van der Waals surface area contributed by atoms with E-state index in [4.69, 9.17) is 5.26 Å². The molecule has 0 N–H and O–H groups in total. The van der Waals surface area contributed by atoms with Crippen molar-refractivity contribution in [3.05, 3.63) is 29.8 Å². The zero-order valence-electron chi connectivity index (χ0n) is 11.0. The Labute approximate surface area is 118 Å². The van der Waals surface area contributed by atoms with E-state index in [0.29, 0.717) is 11.3 Å². The molecule has 0 aliphatic carbocycles. The van der Waals surface area contributed by atoms with Gasteiger partial charge >= 0.3 is 0 Å². The van der Waals surface area contributed by atoms with Crippen molar-refractivity contribution in [2.24, 2.45) is 0 Å². The molecule has 0 spiro atoms.